The van der Waals surface area contributed by atoms with Crippen LogP contribution in [0.15, 0.2) is 0 Å². The maximum Gasteiger partial charge on any atom is 0.342 e. The van der Waals surface area contributed by atoms with Crippen LogP contribution >= 0.6 is 23.4 Å². The molecular weight excluding hydrogens is 230 g/mol. The van der Waals surface area contributed by atoms with Crippen LogP contribution in [0.1, 0.15) is 13.3 Å². The number of nitrogens with zero attached hydrogens (tertiary/aromatic N) is 1. The van der Waals surface area contributed by atoms with Crippen LogP contribution in [0.25, 0.3) is 0 Å². The fraction of sp³-hybridized carbons (Fsp3) is 0.571. The molecule has 1 saturated heterocycles. The number of β-lactam (4-membered cyclic amide) rings is 1. The minimum atomic E-state index is -1.38. The van der Waals surface area contributed by atoms with Crippen molar-refractivity contribution in [1.29, 1.82) is 0 Å². The highest BCUT2D eigenvalue weighted by Crippen LogP contribution is 2.32. The summed E-state index contributed by atoms with van der Waals surface area (Å²) >= 11 is 6.39. The molecule has 0 radical (unpaired) electrons. The lowest BCUT2D eigenvalue weighted by atomic mass is 10.2. The van der Waals surface area contributed by atoms with Crippen LogP contribution in [0.2, 0.25) is 0 Å². The zero-order valence-corrected chi connectivity index (χ0v) is 8.84. The first-order valence-electron chi connectivity index (χ1n) is 3.78. The molecule has 1 heterocycles. The summed E-state index contributed by atoms with van der Waals surface area (Å²) in [7, 11) is 0. The number of hydrogen-bond donors (Lipinski definition) is 1. The molecule has 7 heteroatoms. The molecule has 14 heavy (non-hydrogen) atoms. The monoisotopic (exact) mass is 237 g/mol. The van der Waals surface area contributed by atoms with Crippen molar-refractivity contribution in [1.82, 2.24) is 4.90 Å². The Morgan fingerprint density at radius 3 is 2.64 bits per heavy atom. The standard InChI is InChI=1S/C7H8ClNO4S/c1-3(10)14-5-2-4(11)9(5)6(8)7(12)13/h5-6H,2H2,1H3,(H,12,13). The van der Waals surface area contributed by atoms with Gasteiger partial charge in [-0.25, -0.2) is 4.79 Å². The van der Waals surface area contributed by atoms with Crippen molar-refractivity contribution in [2.75, 3.05) is 0 Å². The number of hydrogen-bond acceptors (Lipinski definition) is 4. The van der Waals surface area contributed by atoms with Gasteiger partial charge in [-0.2, -0.15) is 0 Å². The summed E-state index contributed by atoms with van der Waals surface area (Å²) in [4.78, 5) is 33.2. The SMILES string of the molecule is CC(=O)SC1CC(=O)N1C(Cl)C(=O)O. The number of amides is 1. The molecule has 0 spiro atoms. The largest absolute Gasteiger partial charge is 0.479 e. The predicted octanol–water partition coefficient (Wildman–Crippen LogP) is 0.474. The average molecular weight is 238 g/mol. The van der Waals surface area contributed by atoms with Gasteiger partial charge in [0.05, 0.1) is 11.8 Å². The van der Waals surface area contributed by atoms with Gasteiger partial charge in [0.1, 0.15) is 0 Å². The fourth-order valence-electron chi connectivity index (χ4n) is 1.08. The first-order valence-corrected chi connectivity index (χ1v) is 5.10. The van der Waals surface area contributed by atoms with Crippen molar-refractivity contribution >= 4 is 40.4 Å². The van der Waals surface area contributed by atoms with Gasteiger partial charge in [0, 0.05) is 6.92 Å². The summed E-state index contributed by atoms with van der Waals surface area (Å²) in [5.41, 5.74) is -1.38. The van der Waals surface area contributed by atoms with Crippen LogP contribution < -0.4 is 0 Å². The van der Waals surface area contributed by atoms with E-state index in [9.17, 15) is 14.4 Å². The van der Waals surface area contributed by atoms with E-state index in [4.69, 9.17) is 16.7 Å². The summed E-state index contributed by atoms with van der Waals surface area (Å²) in [5, 5.41) is 7.97. The topological polar surface area (TPSA) is 74.7 Å². The van der Waals surface area contributed by atoms with E-state index in [1.165, 1.54) is 6.92 Å². The number of carbonyl (C=O) groups excluding carboxylic acids is 2. The predicted molar refractivity (Wildman–Crippen MR) is 50.8 cm³/mol. The van der Waals surface area contributed by atoms with Crippen molar-refractivity contribution in [3.63, 3.8) is 0 Å². The Hall–Kier alpha value is -0.750. The second-order valence-corrected chi connectivity index (χ2v) is 4.51. The molecule has 1 aliphatic rings. The minimum Gasteiger partial charge on any atom is -0.479 e. The van der Waals surface area contributed by atoms with E-state index in [2.05, 4.69) is 0 Å². The van der Waals surface area contributed by atoms with Gasteiger partial charge in [-0.1, -0.05) is 23.4 Å². The van der Waals surface area contributed by atoms with Crippen LogP contribution in [-0.2, 0) is 14.4 Å². The zero-order chi connectivity index (χ0) is 10.9. The molecule has 1 amide bonds. The van der Waals surface area contributed by atoms with E-state index in [-0.39, 0.29) is 17.4 Å². The van der Waals surface area contributed by atoms with Gasteiger partial charge in [-0.05, 0) is 0 Å². The van der Waals surface area contributed by atoms with Gasteiger partial charge in [0.15, 0.2) is 5.12 Å². The second kappa shape index (κ2) is 4.18. The van der Waals surface area contributed by atoms with E-state index >= 15 is 0 Å². The molecule has 0 aromatic carbocycles. The van der Waals surface area contributed by atoms with E-state index in [0.717, 1.165) is 16.7 Å². The van der Waals surface area contributed by atoms with Crippen LogP contribution in [0.5, 0.6) is 0 Å². The average Bonchev–Trinajstić information content (AvgIpc) is 2.01. The molecule has 2 atom stereocenters. The third-order valence-corrected chi connectivity index (χ3v) is 3.09. The molecule has 5 nitrogen and oxygen atoms in total. The Morgan fingerprint density at radius 2 is 2.29 bits per heavy atom. The van der Waals surface area contributed by atoms with Gasteiger partial charge in [-0.3, -0.25) is 9.59 Å². The third kappa shape index (κ3) is 2.19. The molecule has 1 rings (SSSR count). The molecule has 0 aromatic heterocycles. The Labute approximate surface area is 89.4 Å². The summed E-state index contributed by atoms with van der Waals surface area (Å²) < 4.78 is 0. The molecule has 1 aliphatic heterocycles. The highest BCUT2D eigenvalue weighted by Gasteiger charge is 2.44. The molecular formula is C7H8ClNO4S. The quantitative estimate of drug-likeness (QED) is 0.439. The highest BCUT2D eigenvalue weighted by atomic mass is 35.5. The fourth-order valence-corrected chi connectivity index (χ4v) is 2.36. The van der Waals surface area contributed by atoms with E-state index < -0.39 is 16.8 Å². The minimum absolute atomic E-state index is 0.165. The van der Waals surface area contributed by atoms with E-state index in [1.54, 1.807) is 0 Å². The van der Waals surface area contributed by atoms with Gasteiger partial charge in [0.25, 0.3) is 0 Å². The van der Waals surface area contributed by atoms with Crippen molar-refractivity contribution < 1.29 is 19.5 Å². The molecule has 1 N–H and O–H groups in total. The molecule has 0 aliphatic carbocycles. The Balaban J connectivity index is 2.61. The summed E-state index contributed by atoms with van der Waals surface area (Å²) in [6.45, 7) is 1.36. The molecule has 0 bridgehead atoms. The van der Waals surface area contributed by atoms with Crippen LogP contribution in [-0.4, -0.2) is 37.9 Å². The lowest BCUT2D eigenvalue weighted by Gasteiger charge is -2.40. The van der Waals surface area contributed by atoms with Gasteiger partial charge in [0.2, 0.25) is 11.4 Å². The van der Waals surface area contributed by atoms with Crippen molar-refractivity contribution in [3.05, 3.63) is 0 Å². The summed E-state index contributed by atoms with van der Waals surface area (Å²) in [6.07, 6.45) is 0.167. The van der Waals surface area contributed by atoms with Crippen LogP contribution in [0, 0.1) is 0 Å². The summed E-state index contributed by atoms with van der Waals surface area (Å²) in [5.74, 6) is -1.62. The zero-order valence-electron chi connectivity index (χ0n) is 7.27. The van der Waals surface area contributed by atoms with E-state index in [0.29, 0.717) is 0 Å². The first-order chi connectivity index (χ1) is 6.43. The number of carboxylic acids is 1. The Bertz CT molecular complexity index is 295. The lowest BCUT2D eigenvalue weighted by molar-refractivity contribution is -0.153. The number of carbonyl (C=O) groups is 3. The number of halogens is 1. The van der Waals surface area contributed by atoms with Gasteiger partial charge >= 0.3 is 5.97 Å². The molecule has 1 fully saturated rings. The smallest absolute Gasteiger partial charge is 0.342 e. The molecule has 0 aromatic rings. The Morgan fingerprint density at radius 1 is 1.71 bits per heavy atom. The lowest BCUT2D eigenvalue weighted by Crippen LogP contribution is -2.56. The van der Waals surface area contributed by atoms with Gasteiger partial charge in [-0.15, -0.1) is 0 Å². The van der Waals surface area contributed by atoms with Crippen molar-refractivity contribution in [2.24, 2.45) is 0 Å². The third-order valence-electron chi connectivity index (χ3n) is 1.70. The molecule has 0 saturated carbocycles. The summed E-state index contributed by atoms with van der Waals surface area (Å²) in [6, 6.07) is 0. The second-order valence-electron chi connectivity index (χ2n) is 2.74. The van der Waals surface area contributed by atoms with Gasteiger partial charge < -0.3 is 10.0 Å². The number of carboxylic acid groups (broad SMARTS) is 1. The van der Waals surface area contributed by atoms with Crippen LogP contribution in [0.4, 0.5) is 0 Å². The van der Waals surface area contributed by atoms with Crippen molar-refractivity contribution in [3.8, 4) is 0 Å². The maximum absolute atomic E-state index is 11.0. The number of alkyl halides is 1. The number of likely N-dealkylation sites (tertiary alicyclic amines) is 1. The van der Waals surface area contributed by atoms with E-state index in [1.807, 2.05) is 0 Å². The Kier molecular flexibility index (Phi) is 3.38. The highest BCUT2D eigenvalue weighted by molar-refractivity contribution is 8.14. The number of thioether (sulfide) groups is 1. The molecule has 2 unspecified atom stereocenters. The number of rotatable bonds is 3. The van der Waals surface area contributed by atoms with Crippen molar-refractivity contribution in [2.45, 2.75) is 24.2 Å². The van der Waals surface area contributed by atoms with Crippen LogP contribution in [0.3, 0.4) is 0 Å². The first kappa shape index (κ1) is 11.3. The normalized spacial score (nSPS) is 22.9. The number of aliphatic carboxylic acids is 1. The molecule has 78 valence electrons. The maximum atomic E-state index is 11.0.